The average Bonchev–Trinajstić information content (AvgIpc) is 3.27. The lowest BCUT2D eigenvalue weighted by Gasteiger charge is -2.27. The van der Waals surface area contributed by atoms with Crippen molar-refractivity contribution in [2.45, 2.75) is 32.6 Å². The van der Waals surface area contributed by atoms with Gasteiger partial charge < -0.3 is 10.6 Å². The smallest absolute Gasteiger partial charge is 0.226 e. The predicted molar refractivity (Wildman–Crippen MR) is 109 cm³/mol. The van der Waals surface area contributed by atoms with Gasteiger partial charge in [-0.2, -0.15) is 0 Å². The van der Waals surface area contributed by atoms with Crippen molar-refractivity contribution >= 4 is 18.3 Å². The zero-order valence-corrected chi connectivity index (χ0v) is 16.5. The Morgan fingerprint density at radius 1 is 1.19 bits per heavy atom. The lowest BCUT2D eigenvalue weighted by atomic mass is 9.85. The number of nitrogens with one attached hydrogen (secondary N) is 2. The van der Waals surface area contributed by atoms with E-state index in [-0.39, 0.29) is 29.1 Å². The monoisotopic (exact) mass is 386 g/mol. The topological polar surface area (TPSA) is 66.9 Å². The molecule has 1 atom stereocenters. The van der Waals surface area contributed by atoms with Crippen molar-refractivity contribution in [2.75, 3.05) is 19.6 Å². The maximum absolute atomic E-state index is 12.7. The average molecular weight is 387 g/mol. The number of rotatable bonds is 5. The van der Waals surface area contributed by atoms with Gasteiger partial charge in [0.15, 0.2) is 0 Å². The molecule has 4 rings (SSSR count). The molecule has 5 nitrogen and oxygen atoms in total. The van der Waals surface area contributed by atoms with Crippen molar-refractivity contribution in [3.05, 3.63) is 48.4 Å². The highest BCUT2D eigenvalue weighted by atomic mass is 35.5. The van der Waals surface area contributed by atoms with Crippen LogP contribution in [0.1, 0.15) is 32.0 Å². The van der Waals surface area contributed by atoms with Crippen molar-refractivity contribution in [3.8, 4) is 11.3 Å². The number of hydrogen-bond acceptors (Lipinski definition) is 4. The van der Waals surface area contributed by atoms with Gasteiger partial charge in [0, 0.05) is 24.7 Å². The Balaban J connectivity index is 0.00000210. The molecular weight excluding hydrogens is 360 g/mol. The summed E-state index contributed by atoms with van der Waals surface area (Å²) in [5, 5.41) is 6.52. The number of hydrogen-bond donors (Lipinski definition) is 2. The summed E-state index contributed by atoms with van der Waals surface area (Å²) in [5.74, 6) is 0.961. The summed E-state index contributed by atoms with van der Waals surface area (Å²) in [7, 11) is 0. The molecule has 1 aliphatic carbocycles. The Kier molecular flexibility index (Phi) is 5.82. The molecule has 2 N–H and O–H groups in total. The minimum atomic E-state index is -0.193. The van der Waals surface area contributed by atoms with Crippen LogP contribution in [-0.2, 0) is 11.2 Å². The van der Waals surface area contributed by atoms with E-state index in [1.807, 2.05) is 36.4 Å². The van der Waals surface area contributed by atoms with E-state index >= 15 is 0 Å². The number of aromatic nitrogens is 2. The minimum absolute atomic E-state index is 0. The first kappa shape index (κ1) is 19.8. The highest BCUT2D eigenvalue weighted by Crippen LogP contribution is 2.68. The van der Waals surface area contributed by atoms with E-state index in [9.17, 15) is 4.79 Å². The first-order valence-corrected chi connectivity index (χ1v) is 9.49. The van der Waals surface area contributed by atoms with E-state index in [2.05, 4.69) is 27.5 Å². The molecule has 1 saturated carbocycles. The Labute approximate surface area is 166 Å². The molecule has 6 heteroatoms. The fourth-order valence-corrected chi connectivity index (χ4v) is 4.36. The van der Waals surface area contributed by atoms with Crippen molar-refractivity contribution < 1.29 is 4.79 Å². The lowest BCUT2D eigenvalue weighted by molar-refractivity contribution is -0.127. The second-order valence-corrected chi connectivity index (χ2v) is 7.77. The molecular formula is C21H27ClN4O. The zero-order valence-electron chi connectivity index (χ0n) is 15.7. The van der Waals surface area contributed by atoms with Crippen LogP contribution in [0.2, 0.25) is 0 Å². The summed E-state index contributed by atoms with van der Waals surface area (Å²) in [4.78, 5) is 21.7. The third kappa shape index (κ3) is 3.85. The Morgan fingerprint density at radius 3 is 2.67 bits per heavy atom. The second kappa shape index (κ2) is 7.95. The number of halogens is 1. The standard InChI is InChI=1S/C21H26N4O.ClH/c1-20(15-21(20)9-13-22-14-10-21)19(26)24-12-8-18-23-11-7-17(25-18)16-5-3-2-4-6-16;/h2-7,11,22H,8-10,12-15H2,1H3,(H,24,26);1H. The molecule has 1 unspecified atom stereocenters. The van der Waals surface area contributed by atoms with E-state index in [4.69, 9.17) is 0 Å². The van der Waals surface area contributed by atoms with Crippen molar-refractivity contribution in [1.82, 2.24) is 20.6 Å². The fourth-order valence-electron chi connectivity index (χ4n) is 4.36. The molecule has 1 aromatic carbocycles. The zero-order chi connectivity index (χ0) is 18.0. The third-order valence-corrected chi connectivity index (χ3v) is 6.21. The van der Waals surface area contributed by atoms with Gasteiger partial charge in [-0.25, -0.2) is 9.97 Å². The normalized spacial score (nSPS) is 22.7. The van der Waals surface area contributed by atoms with Crippen LogP contribution in [0, 0.1) is 10.8 Å². The second-order valence-electron chi connectivity index (χ2n) is 7.77. The summed E-state index contributed by atoms with van der Waals surface area (Å²) >= 11 is 0. The molecule has 2 aromatic rings. The third-order valence-electron chi connectivity index (χ3n) is 6.21. The fraction of sp³-hybridized carbons (Fsp3) is 0.476. The van der Waals surface area contributed by atoms with Gasteiger partial charge in [0.25, 0.3) is 0 Å². The number of benzene rings is 1. The van der Waals surface area contributed by atoms with E-state index < -0.39 is 0 Å². The Morgan fingerprint density at radius 2 is 1.93 bits per heavy atom. The number of carbonyl (C=O) groups is 1. The highest BCUT2D eigenvalue weighted by molar-refractivity contribution is 5.86. The van der Waals surface area contributed by atoms with E-state index in [1.54, 1.807) is 6.20 Å². The summed E-state index contributed by atoms with van der Waals surface area (Å²) in [5.41, 5.74) is 2.04. The number of nitrogens with zero attached hydrogens (tertiary/aromatic N) is 2. The van der Waals surface area contributed by atoms with Crippen LogP contribution >= 0.6 is 12.4 Å². The van der Waals surface area contributed by atoms with Crippen LogP contribution in [-0.4, -0.2) is 35.5 Å². The molecule has 1 saturated heterocycles. The van der Waals surface area contributed by atoms with Crippen LogP contribution in [0.15, 0.2) is 42.6 Å². The molecule has 0 bridgehead atoms. The molecule has 1 spiro atoms. The van der Waals surface area contributed by atoms with Gasteiger partial charge in [-0.1, -0.05) is 37.3 Å². The molecule has 0 radical (unpaired) electrons. The van der Waals surface area contributed by atoms with Crippen molar-refractivity contribution in [1.29, 1.82) is 0 Å². The minimum Gasteiger partial charge on any atom is -0.355 e. The van der Waals surface area contributed by atoms with Crippen molar-refractivity contribution in [2.24, 2.45) is 10.8 Å². The van der Waals surface area contributed by atoms with Crippen LogP contribution < -0.4 is 10.6 Å². The van der Waals surface area contributed by atoms with Crippen LogP contribution in [0.5, 0.6) is 0 Å². The molecule has 144 valence electrons. The Hall–Kier alpha value is -1.98. The molecule has 1 amide bonds. The summed E-state index contributed by atoms with van der Waals surface area (Å²) < 4.78 is 0. The van der Waals surface area contributed by atoms with Crippen LogP contribution in [0.4, 0.5) is 0 Å². The molecule has 1 aromatic heterocycles. The first-order chi connectivity index (χ1) is 12.6. The van der Waals surface area contributed by atoms with Gasteiger partial charge in [0.2, 0.25) is 5.91 Å². The van der Waals surface area contributed by atoms with Gasteiger partial charge in [-0.3, -0.25) is 4.79 Å². The largest absolute Gasteiger partial charge is 0.355 e. The van der Waals surface area contributed by atoms with Crippen molar-refractivity contribution in [3.63, 3.8) is 0 Å². The van der Waals surface area contributed by atoms with Gasteiger partial charge in [-0.15, -0.1) is 12.4 Å². The summed E-state index contributed by atoms with van der Waals surface area (Å²) in [6.07, 6.45) is 5.68. The molecule has 27 heavy (non-hydrogen) atoms. The predicted octanol–water partition coefficient (Wildman–Crippen LogP) is 3.00. The van der Waals surface area contributed by atoms with Gasteiger partial charge >= 0.3 is 0 Å². The van der Waals surface area contributed by atoms with Gasteiger partial charge in [0.1, 0.15) is 5.82 Å². The SMILES string of the molecule is CC1(C(=O)NCCc2nccc(-c3ccccc3)n2)CC12CCNCC2.Cl. The highest BCUT2D eigenvalue weighted by Gasteiger charge is 2.67. The molecule has 2 heterocycles. The van der Waals surface area contributed by atoms with E-state index in [1.165, 1.54) is 0 Å². The summed E-state index contributed by atoms with van der Waals surface area (Å²) in [6, 6.07) is 12.0. The van der Waals surface area contributed by atoms with Gasteiger partial charge in [0.05, 0.1) is 11.1 Å². The maximum atomic E-state index is 12.7. The Bertz CT molecular complexity index is 792. The maximum Gasteiger partial charge on any atom is 0.226 e. The molecule has 2 fully saturated rings. The molecule has 1 aliphatic heterocycles. The van der Waals surface area contributed by atoms with Crippen LogP contribution in [0.25, 0.3) is 11.3 Å². The van der Waals surface area contributed by atoms with E-state index in [0.29, 0.717) is 13.0 Å². The van der Waals surface area contributed by atoms with Gasteiger partial charge in [-0.05, 0) is 43.8 Å². The molecule has 2 aliphatic rings. The number of amides is 1. The number of carbonyl (C=O) groups excluding carboxylic acids is 1. The first-order valence-electron chi connectivity index (χ1n) is 9.49. The van der Waals surface area contributed by atoms with Crippen LogP contribution in [0.3, 0.4) is 0 Å². The summed E-state index contributed by atoms with van der Waals surface area (Å²) in [6.45, 7) is 4.77. The number of piperidine rings is 1. The van der Waals surface area contributed by atoms with E-state index in [0.717, 1.165) is 49.4 Å². The lowest BCUT2D eigenvalue weighted by Crippen LogP contribution is -2.39. The quantitative estimate of drug-likeness (QED) is 0.828.